The fourth-order valence-electron chi connectivity index (χ4n) is 2.35. The third-order valence-electron chi connectivity index (χ3n) is 3.81. The summed E-state index contributed by atoms with van der Waals surface area (Å²) in [4.78, 5) is 16.4. The van der Waals surface area contributed by atoms with Crippen LogP contribution in [0.25, 0.3) is 0 Å². The Kier molecular flexibility index (Phi) is 6.65. The fraction of sp³-hybridized carbons (Fsp3) is 0.0909. The number of methoxy groups -OCH3 is 1. The van der Waals surface area contributed by atoms with Gasteiger partial charge in [0.05, 0.1) is 12.8 Å². The van der Waals surface area contributed by atoms with Crippen molar-refractivity contribution < 1.29 is 14.3 Å². The Hall–Kier alpha value is -3.31. The molecule has 0 saturated carbocycles. The number of aliphatic imine (C=N–C) groups is 1. The van der Waals surface area contributed by atoms with Gasteiger partial charge in [-0.05, 0) is 78.4 Å². The van der Waals surface area contributed by atoms with Crippen LogP contribution in [0.2, 0.25) is 5.02 Å². The van der Waals surface area contributed by atoms with Gasteiger partial charge in [-0.2, -0.15) is 0 Å². The molecular weight excluding hydrogens is 376 g/mol. The van der Waals surface area contributed by atoms with E-state index in [4.69, 9.17) is 21.1 Å². The maximum Gasteiger partial charge on any atom is 0.262 e. The van der Waals surface area contributed by atoms with Gasteiger partial charge in [0.2, 0.25) is 0 Å². The van der Waals surface area contributed by atoms with E-state index in [-0.39, 0.29) is 12.5 Å². The second kappa shape index (κ2) is 9.58. The van der Waals surface area contributed by atoms with E-state index in [2.05, 4.69) is 10.3 Å². The molecule has 5 nitrogen and oxygen atoms in total. The molecule has 1 N–H and O–H groups in total. The minimum absolute atomic E-state index is 0.0791. The first-order valence-electron chi connectivity index (χ1n) is 8.59. The summed E-state index contributed by atoms with van der Waals surface area (Å²) in [5.41, 5.74) is 2.42. The molecule has 28 heavy (non-hydrogen) atoms. The first kappa shape index (κ1) is 19.5. The molecule has 0 heterocycles. The highest BCUT2D eigenvalue weighted by Crippen LogP contribution is 2.17. The number of nitrogens with one attached hydrogen (secondary N) is 1. The Morgan fingerprint density at radius 1 is 0.964 bits per heavy atom. The minimum Gasteiger partial charge on any atom is -0.497 e. The summed E-state index contributed by atoms with van der Waals surface area (Å²) in [7, 11) is 1.59. The molecule has 0 aliphatic carbocycles. The predicted octanol–water partition coefficient (Wildman–Crippen LogP) is 5.12. The van der Waals surface area contributed by atoms with Gasteiger partial charge in [0, 0.05) is 16.9 Å². The molecule has 0 atom stereocenters. The highest BCUT2D eigenvalue weighted by molar-refractivity contribution is 6.30. The molecule has 0 unspecified atom stereocenters. The van der Waals surface area contributed by atoms with Crippen molar-refractivity contribution in [3.63, 3.8) is 0 Å². The van der Waals surface area contributed by atoms with Gasteiger partial charge in [0.1, 0.15) is 11.5 Å². The Balaban J connectivity index is 1.49. The third kappa shape index (κ3) is 5.86. The van der Waals surface area contributed by atoms with Crippen LogP contribution in [0, 0.1) is 0 Å². The van der Waals surface area contributed by atoms with Crippen LogP contribution in [0.5, 0.6) is 11.5 Å². The topological polar surface area (TPSA) is 59.9 Å². The van der Waals surface area contributed by atoms with E-state index < -0.39 is 0 Å². The van der Waals surface area contributed by atoms with Crippen LogP contribution in [-0.2, 0) is 4.79 Å². The van der Waals surface area contributed by atoms with Crippen LogP contribution in [-0.4, -0.2) is 25.8 Å². The first-order valence-corrected chi connectivity index (χ1v) is 8.96. The summed E-state index contributed by atoms with van der Waals surface area (Å²) in [5.74, 6) is 1.10. The molecule has 6 heteroatoms. The zero-order valence-electron chi connectivity index (χ0n) is 15.3. The quantitative estimate of drug-likeness (QED) is 0.566. The van der Waals surface area contributed by atoms with E-state index in [1.54, 1.807) is 61.9 Å². The number of hydrogen-bond donors (Lipinski definition) is 1. The van der Waals surface area contributed by atoms with Crippen molar-refractivity contribution >= 4 is 35.1 Å². The summed E-state index contributed by atoms with van der Waals surface area (Å²) < 4.78 is 10.6. The van der Waals surface area contributed by atoms with Gasteiger partial charge < -0.3 is 14.8 Å². The average molecular weight is 395 g/mol. The molecule has 0 spiro atoms. The van der Waals surface area contributed by atoms with E-state index in [0.717, 1.165) is 17.0 Å². The normalized spacial score (nSPS) is 10.6. The van der Waals surface area contributed by atoms with E-state index in [9.17, 15) is 4.79 Å². The smallest absolute Gasteiger partial charge is 0.262 e. The minimum atomic E-state index is -0.237. The van der Waals surface area contributed by atoms with Crippen LogP contribution in [0.4, 0.5) is 11.4 Å². The lowest BCUT2D eigenvalue weighted by molar-refractivity contribution is -0.118. The number of amides is 1. The van der Waals surface area contributed by atoms with E-state index in [1.807, 2.05) is 24.3 Å². The Morgan fingerprint density at radius 3 is 2.25 bits per heavy atom. The second-order valence-corrected chi connectivity index (χ2v) is 6.31. The Morgan fingerprint density at radius 2 is 1.61 bits per heavy atom. The number of carbonyl (C=O) groups is 1. The van der Waals surface area contributed by atoms with Crippen molar-refractivity contribution in [1.82, 2.24) is 0 Å². The van der Waals surface area contributed by atoms with Gasteiger partial charge in [-0.15, -0.1) is 0 Å². The van der Waals surface area contributed by atoms with Crippen LogP contribution < -0.4 is 14.8 Å². The van der Waals surface area contributed by atoms with Crippen molar-refractivity contribution in [3.8, 4) is 11.5 Å². The predicted molar refractivity (Wildman–Crippen MR) is 112 cm³/mol. The first-order chi connectivity index (χ1) is 13.6. The van der Waals surface area contributed by atoms with Crippen molar-refractivity contribution in [2.45, 2.75) is 0 Å². The zero-order chi connectivity index (χ0) is 19.8. The maximum absolute atomic E-state index is 12.0. The molecule has 3 rings (SSSR count). The molecule has 0 aromatic heterocycles. The van der Waals surface area contributed by atoms with Crippen LogP contribution in [0.15, 0.2) is 77.8 Å². The monoisotopic (exact) mass is 394 g/mol. The SMILES string of the molecule is COc1ccc(NC(=O)COc2ccc(C=Nc3ccc(Cl)cc3)cc2)cc1. The number of rotatable bonds is 7. The summed E-state index contributed by atoms with van der Waals surface area (Å²) in [6, 6.07) is 21.7. The molecule has 0 fully saturated rings. The van der Waals surface area contributed by atoms with Crippen molar-refractivity contribution in [2.75, 3.05) is 19.0 Å². The number of anilines is 1. The summed E-state index contributed by atoms with van der Waals surface area (Å²) in [5, 5.41) is 3.44. The Labute approximate surface area is 168 Å². The molecule has 0 radical (unpaired) electrons. The largest absolute Gasteiger partial charge is 0.497 e. The Bertz CT molecular complexity index is 937. The molecule has 0 saturated heterocycles. The standard InChI is InChI=1S/C22H19ClN2O3/c1-27-20-12-8-19(9-13-20)25-22(26)15-28-21-10-2-16(3-11-21)14-24-18-6-4-17(23)5-7-18/h2-14H,15H2,1H3,(H,25,26). The second-order valence-electron chi connectivity index (χ2n) is 5.87. The molecule has 0 aliphatic rings. The highest BCUT2D eigenvalue weighted by atomic mass is 35.5. The number of halogens is 1. The molecule has 3 aromatic carbocycles. The van der Waals surface area contributed by atoms with Gasteiger partial charge in [-0.25, -0.2) is 0 Å². The van der Waals surface area contributed by atoms with Crippen molar-refractivity contribution in [2.24, 2.45) is 4.99 Å². The van der Waals surface area contributed by atoms with Crippen molar-refractivity contribution in [1.29, 1.82) is 0 Å². The van der Waals surface area contributed by atoms with E-state index in [1.165, 1.54) is 0 Å². The number of benzene rings is 3. The van der Waals surface area contributed by atoms with Gasteiger partial charge in [0.25, 0.3) is 5.91 Å². The zero-order valence-corrected chi connectivity index (χ0v) is 16.0. The van der Waals surface area contributed by atoms with Crippen LogP contribution in [0.3, 0.4) is 0 Å². The van der Waals surface area contributed by atoms with Crippen LogP contribution >= 0.6 is 11.6 Å². The third-order valence-corrected chi connectivity index (χ3v) is 4.07. The lowest BCUT2D eigenvalue weighted by Gasteiger charge is -2.08. The van der Waals surface area contributed by atoms with Gasteiger partial charge in [-0.1, -0.05) is 11.6 Å². The molecule has 0 bridgehead atoms. The van der Waals surface area contributed by atoms with E-state index in [0.29, 0.717) is 16.5 Å². The van der Waals surface area contributed by atoms with E-state index >= 15 is 0 Å². The lowest BCUT2D eigenvalue weighted by atomic mass is 10.2. The maximum atomic E-state index is 12.0. The van der Waals surface area contributed by atoms with Gasteiger partial charge in [0.15, 0.2) is 6.61 Å². The molecule has 142 valence electrons. The average Bonchev–Trinajstić information content (AvgIpc) is 2.73. The highest BCUT2D eigenvalue weighted by Gasteiger charge is 2.04. The number of ether oxygens (including phenoxy) is 2. The lowest BCUT2D eigenvalue weighted by Crippen LogP contribution is -2.20. The number of nitrogens with zero attached hydrogens (tertiary/aromatic N) is 1. The molecular formula is C22H19ClN2O3. The van der Waals surface area contributed by atoms with Crippen molar-refractivity contribution in [3.05, 3.63) is 83.4 Å². The summed E-state index contributed by atoms with van der Waals surface area (Å²) >= 11 is 5.86. The van der Waals surface area contributed by atoms with Crippen LogP contribution in [0.1, 0.15) is 5.56 Å². The fourth-order valence-corrected chi connectivity index (χ4v) is 2.47. The number of carbonyl (C=O) groups excluding carboxylic acids is 1. The summed E-state index contributed by atoms with van der Waals surface area (Å²) in [6.07, 6.45) is 1.75. The molecule has 0 aliphatic heterocycles. The molecule has 3 aromatic rings. The molecule has 1 amide bonds. The van der Waals surface area contributed by atoms with Gasteiger partial charge >= 0.3 is 0 Å². The van der Waals surface area contributed by atoms with Gasteiger partial charge in [-0.3, -0.25) is 9.79 Å². The summed E-state index contributed by atoms with van der Waals surface area (Å²) in [6.45, 7) is -0.0791. The number of hydrogen-bond acceptors (Lipinski definition) is 4.